The summed E-state index contributed by atoms with van der Waals surface area (Å²) in [6.45, 7) is 1.77. The number of piperidine rings is 1. The monoisotopic (exact) mass is 401 g/mol. The van der Waals surface area contributed by atoms with E-state index in [0.717, 1.165) is 31.5 Å². The number of phenols is 1. The van der Waals surface area contributed by atoms with E-state index in [1.165, 1.54) is 12.6 Å². The summed E-state index contributed by atoms with van der Waals surface area (Å²) in [5, 5.41) is 13.5. The van der Waals surface area contributed by atoms with Crippen molar-refractivity contribution in [3.05, 3.63) is 71.9 Å². The van der Waals surface area contributed by atoms with Crippen molar-refractivity contribution in [2.45, 2.75) is 19.3 Å². The first kappa shape index (κ1) is 19.6. The maximum absolute atomic E-state index is 12.7. The van der Waals surface area contributed by atoms with Crippen molar-refractivity contribution in [2.24, 2.45) is 5.10 Å². The van der Waals surface area contributed by atoms with Gasteiger partial charge in [-0.05, 0) is 43.0 Å². The second kappa shape index (κ2) is 9.17. The molecule has 3 aromatic rings. The lowest BCUT2D eigenvalue weighted by molar-refractivity contribution is 0.0950. The molecule has 1 fully saturated rings. The van der Waals surface area contributed by atoms with Crippen LogP contribution in [0.25, 0.3) is 11.3 Å². The molecule has 4 rings (SSSR count). The van der Waals surface area contributed by atoms with E-state index >= 15 is 0 Å². The van der Waals surface area contributed by atoms with Gasteiger partial charge in [0.2, 0.25) is 5.95 Å². The normalized spacial score (nSPS) is 14.1. The molecule has 7 heteroatoms. The molecule has 1 aliphatic rings. The van der Waals surface area contributed by atoms with E-state index in [1.54, 1.807) is 30.3 Å². The van der Waals surface area contributed by atoms with Gasteiger partial charge in [0.15, 0.2) is 0 Å². The van der Waals surface area contributed by atoms with Gasteiger partial charge in [0, 0.05) is 18.7 Å². The molecule has 2 aromatic carbocycles. The van der Waals surface area contributed by atoms with E-state index in [-0.39, 0.29) is 11.4 Å². The number of hydrogen-bond acceptors (Lipinski definition) is 6. The molecule has 0 atom stereocenters. The molecule has 7 nitrogen and oxygen atoms in total. The molecule has 1 aliphatic heterocycles. The minimum absolute atomic E-state index is 0.139. The van der Waals surface area contributed by atoms with Crippen molar-refractivity contribution in [3.63, 3.8) is 0 Å². The highest BCUT2D eigenvalue weighted by Gasteiger charge is 2.18. The number of anilines is 1. The van der Waals surface area contributed by atoms with Crippen LogP contribution in [0.4, 0.5) is 5.95 Å². The summed E-state index contributed by atoms with van der Waals surface area (Å²) in [6, 6.07) is 18.1. The third-order valence-corrected chi connectivity index (χ3v) is 4.91. The Hall–Kier alpha value is -3.74. The summed E-state index contributed by atoms with van der Waals surface area (Å²) in [5.41, 5.74) is 5.08. The largest absolute Gasteiger partial charge is 0.508 e. The quantitative estimate of drug-likeness (QED) is 0.504. The predicted octanol–water partition coefficient (Wildman–Crippen LogP) is 3.60. The molecular weight excluding hydrogens is 378 g/mol. The number of carbonyl (C=O) groups is 1. The summed E-state index contributed by atoms with van der Waals surface area (Å²) in [7, 11) is 0. The fourth-order valence-corrected chi connectivity index (χ4v) is 3.37. The first-order chi connectivity index (χ1) is 14.7. The molecule has 0 aliphatic carbocycles. The number of hydrazone groups is 1. The summed E-state index contributed by atoms with van der Waals surface area (Å²) in [6.07, 6.45) is 4.86. The highest BCUT2D eigenvalue weighted by atomic mass is 16.3. The first-order valence-electron chi connectivity index (χ1n) is 10.0. The van der Waals surface area contributed by atoms with Gasteiger partial charge >= 0.3 is 0 Å². The zero-order valence-electron chi connectivity index (χ0n) is 16.5. The van der Waals surface area contributed by atoms with Crippen LogP contribution >= 0.6 is 0 Å². The Kier molecular flexibility index (Phi) is 5.98. The Bertz CT molecular complexity index is 1050. The summed E-state index contributed by atoms with van der Waals surface area (Å²) in [5.74, 6) is 0.294. The third kappa shape index (κ3) is 4.81. The number of nitrogens with zero attached hydrogens (tertiary/aromatic N) is 4. The Morgan fingerprint density at radius 1 is 1.00 bits per heavy atom. The van der Waals surface area contributed by atoms with E-state index in [2.05, 4.69) is 20.4 Å². The zero-order chi connectivity index (χ0) is 20.8. The average Bonchev–Trinajstić information content (AvgIpc) is 2.80. The third-order valence-electron chi connectivity index (χ3n) is 4.91. The van der Waals surface area contributed by atoms with Crippen LogP contribution in [0, 0.1) is 0 Å². The van der Waals surface area contributed by atoms with Gasteiger partial charge in [0.1, 0.15) is 11.4 Å². The maximum Gasteiger partial charge on any atom is 0.290 e. The van der Waals surface area contributed by atoms with Gasteiger partial charge in [-0.15, -0.1) is 0 Å². The zero-order valence-corrected chi connectivity index (χ0v) is 16.5. The molecule has 2 N–H and O–H groups in total. The van der Waals surface area contributed by atoms with Crippen LogP contribution in [0.5, 0.6) is 5.75 Å². The fraction of sp³-hybridized carbons (Fsp3) is 0.217. The number of phenolic OH excluding ortho intramolecular Hbond substituents is 1. The molecule has 0 unspecified atom stereocenters. The molecule has 1 saturated heterocycles. The molecule has 2 heterocycles. The van der Waals surface area contributed by atoms with Crippen LogP contribution in [0.15, 0.2) is 65.8 Å². The van der Waals surface area contributed by atoms with E-state index in [4.69, 9.17) is 4.98 Å². The molecule has 30 heavy (non-hydrogen) atoms. The number of amides is 1. The number of hydrogen-bond donors (Lipinski definition) is 2. The van der Waals surface area contributed by atoms with Crippen LogP contribution in [0.3, 0.4) is 0 Å². The fourth-order valence-electron chi connectivity index (χ4n) is 3.37. The van der Waals surface area contributed by atoms with Gasteiger partial charge in [-0.25, -0.2) is 15.4 Å². The van der Waals surface area contributed by atoms with Gasteiger partial charge in [0.05, 0.1) is 11.9 Å². The van der Waals surface area contributed by atoms with Crippen molar-refractivity contribution in [1.29, 1.82) is 0 Å². The number of aromatic nitrogens is 2. The number of benzene rings is 2. The van der Waals surface area contributed by atoms with E-state index in [0.29, 0.717) is 17.2 Å². The Morgan fingerprint density at radius 3 is 2.57 bits per heavy atom. The Labute approximate surface area is 175 Å². The lowest BCUT2D eigenvalue weighted by Crippen LogP contribution is -2.32. The molecule has 0 bridgehead atoms. The molecule has 1 amide bonds. The Balaban J connectivity index is 1.59. The van der Waals surface area contributed by atoms with Gasteiger partial charge < -0.3 is 10.0 Å². The minimum Gasteiger partial charge on any atom is -0.508 e. The van der Waals surface area contributed by atoms with Crippen LogP contribution < -0.4 is 10.3 Å². The van der Waals surface area contributed by atoms with Crippen LogP contribution in [-0.4, -0.2) is 40.3 Å². The molecule has 152 valence electrons. The van der Waals surface area contributed by atoms with Crippen LogP contribution in [0.1, 0.15) is 35.3 Å². The second-order valence-electron chi connectivity index (χ2n) is 7.15. The van der Waals surface area contributed by atoms with Crippen molar-refractivity contribution >= 4 is 18.1 Å². The topological polar surface area (TPSA) is 90.7 Å². The van der Waals surface area contributed by atoms with Crippen LogP contribution in [0.2, 0.25) is 0 Å². The summed E-state index contributed by atoms with van der Waals surface area (Å²) < 4.78 is 0. The first-order valence-corrected chi connectivity index (χ1v) is 10.0. The lowest BCUT2D eigenvalue weighted by Gasteiger charge is -2.27. The Morgan fingerprint density at radius 2 is 1.80 bits per heavy atom. The number of rotatable bonds is 5. The highest BCUT2D eigenvalue weighted by molar-refractivity contribution is 5.94. The van der Waals surface area contributed by atoms with Crippen molar-refractivity contribution in [2.75, 3.05) is 18.0 Å². The standard InChI is InChI=1S/C23H23N5O2/c29-19-11-7-8-17(14-19)16-24-27-22(30)21-15-20(18-9-3-1-4-10-18)25-23(26-21)28-12-5-2-6-13-28/h1,3-4,7-11,14-16,29H,2,5-6,12-13H2,(H,27,30)/b24-16+. The van der Waals surface area contributed by atoms with E-state index < -0.39 is 5.91 Å². The second-order valence-corrected chi connectivity index (χ2v) is 7.15. The highest BCUT2D eigenvalue weighted by Crippen LogP contribution is 2.22. The van der Waals surface area contributed by atoms with Gasteiger partial charge in [-0.1, -0.05) is 42.5 Å². The van der Waals surface area contributed by atoms with Gasteiger partial charge in [-0.3, -0.25) is 4.79 Å². The SMILES string of the molecule is O=C(N/N=C/c1cccc(O)c1)c1cc(-c2ccccc2)nc(N2CCCCC2)n1. The molecule has 0 saturated carbocycles. The maximum atomic E-state index is 12.7. The van der Waals surface area contributed by atoms with Crippen LogP contribution in [-0.2, 0) is 0 Å². The molecule has 1 aromatic heterocycles. The summed E-state index contributed by atoms with van der Waals surface area (Å²) in [4.78, 5) is 24.1. The van der Waals surface area contributed by atoms with Gasteiger partial charge in [0.25, 0.3) is 5.91 Å². The number of aromatic hydroxyl groups is 1. The number of nitrogens with one attached hydrogen (secondary N) is 1. The molecule has 0 radical (unpaired) electrons. The number of carbonyl (C=O) groups excluding carboxylic acids is 1. The summed E-state index contributed by atoms with van der Waals surface area (Å²) >= 11 is 0. The minimum atomic E-state index is -0.413. The molecule has 0 spiro atoms. The van der Waals surface area contributed by atoms with E-state index in [9.17, 15) is 9.90 Å². The van der Waals surface area contributed by atoms with E-state index in [1.807, 2.05) is 30.3 Å². The van der Waals surface area contributed by atoms with Crippen molar-refractivity contribution < 1.29 is 9.90 Å². The van der Waals surface area contributed by atoms with Crippen molar-refractivity contribution in [3.8, 4) is 17.0 Å². The average molecular weight is 401 g/mol. The predicted molar refractivity (Wildman–Crippen MR) is 117 cm³/mol. The molecular formula is C23H23N5O2. The van der Waals surface area contributed by atoms with Gasteiger partial charge in [-0.2, -0.15) is 5.10 Å². The van der Waals surface area contributed by atoms with Crippen molar-refractivity contribution in [1.82, 2.24) is 15.4 Å². The lowest BCUT2D eigenvalue weighted by atomic mass is 10.1. The smallest absolute Gasteiger partial charge is 0.290 e.